The van der Waals surface area contributed by atoms with Gasteiger partial charge in [-0.15, -0.1) is 0 Å². The Morgan fingerprint density at radius 3 is 2.59 bits per heavy atom. The van der Waals surface area contributed by atoms with E-state index in [1.54, 1.807) is 11.3 Å². The molecule has 0 radical (unpaired) electrons. The molecule has 0 atom stereocenters. The first-order valence-electron chi connectivity index (χ1n) is 6.71. The molecule has 17 heavy (non-hydrogen) atoms. The summed E-state index contributed by atoms with van der Waals surface area (Å²) in [6.45, 7) is 6.53. The normalized spacial score (nSPS) is 16.7. The van der Waals surface area contributed by atoms with Crippen LogP contribution in [0.5, 0.6) is 0 Å². The van der Waals surface area contributed by atoms with Crippen molar-refractivity contribution in [3.63, 3.8) is 0 Å². The standard InChI is InChI=1S/C14H24N2S/c1-3-14(15,4-2)11-16(13-5-6-13)9-12-7-8-17-10-12/h7-8,10,13H,3-6,9,11,15H2,1-2H3. The Hall–Kier alpha value is -0.380. The van der Waals surface area contributed by atoms with E-state index in [1.807, 2.05) is 0 Å². The molecule has 2 nitrogen and oxygen atoms in total. The van der Waals surface area contributed by atoms with Crippen LogP contribution < -0.4 is 5.73 Å². The van der Waals surface area contributed by atoms with Gasteiger partial charge in [-0.3, -0.25) is 4.90 Å². The Morgan fingerprint density at radius 2 is 2.12 bits per heavy atom. The van der Waals surface area contributed by atoms with Gasteiger partial charge < -0.3 is 5.73 Å². The fourth-order valence-electron chi connectivity index (χ4n) is 2.25. The summed E-state index contributed by atoms with van der Waals surface area (Å²) in [4.78, 5) is 2.59. The predicted molar refractivity (Wildman–Crippen MR) is 75.3 cm³/mol. The van der Waals surface area contributed by atoms with E-state index >= 15 is 0 Å². The van der Waals surface area contributed by atoms with Crippen LogP contribution in [0, 0.1) is 0 Å². The molecule has 96 valence electrons. The Kier molecular flexibility index (Phi) is 4.23. The second-order valence-corrected chi connectivity index (χ2v) is 6.12. The quantitative estimate of drug-likeness (QED) is 0.807. The lowest BCUT2D eigenvalue weighted by molar-refractivity contribution is 0.183. The molecule has 2 rings (SSSR count). The molecule has 0 bridgehead atoms. The molecule has 1 aliphatic carbocycles. The summed E-state index contributed by atoms with van der Waals surface area (Å²) < 4.78 is 0. The van der Waals surface area contributed by atoms with Gasteiger partial charge in [-0.1, -0.05) is 13.8 Å². The molecular weight excluding hydrogens is 228 g/mol. The van der Waals surface area contributed by atoms with Crippen molar-refractivity contribution in [2.75, 3.05) is 6.54 Å². The molecule has 1 aromatic rings. The molecule has 2 N–H and O–H groups in total. The molecule has 1 saturated carbocycles. The second-order valence-electron chi connectivity index (χ2n) is 5.34. The topological polar surface area (TPSA) is 29.3 Å². The SMILES string of the molecule is CCC(N)(CC)CN(Cc1ccsc1)C1CC1. The second kappa shape index (κ2) is 5.51. The Balaban J connectivity index is 1.97. The highest BCUT2D eigenvalue weighted by molar-refractivity contribution is 7.07. The van der Waals surface area contributed by atoms with Crippen molar-refractivity contribution in [3.05, 3.63) is 22.4 Å². The zero-order chi connectivity index (χ0) is 12.3. The zero-order valence-corrected chi connectivity index (χ0v) is 11.8. The third kappa shape index (κ3) is 3.54. The molecular formula is C14H24N2S. The molecule has 0 amide bonds. The van der Waals surface area contributed by atoms with Crippen LogP contribution in [0.25, 0.3) is 0 Å². The van der Waals surface area contributed by atoms with Gasteiger partial charge in [0.2, 0.25) is 0 Å². The predicted octanol–water partition coefficient (Wildman–Crippen LogP) is 3.23. The third-order valence-corrected chi connectivity index (χ3v) is 4.69. The van der Waals surface area contributed by atoms with Gasteiger partial charge in [0, 0.05) is 24.7 Å². The molecule has 1 aliphatic rings. The lowest BCUT2D eigenvalue weighted by Gasteiger charge is -2.34. The summed E-state index contributed by atoms with van der Waals surface area (Å²) in [6, 6.07) is 3.02. The minimum atomic E-state index is -0.00138. The molecule has 1 aromatic heterocycles. The van der Waals surface area contributed by atoms with Gasteiger partial charge in [0.1, 0.15) is 0 Å². The average molecular weight is 252 g/mol. The van der Waals surface area contributed by atoms with Crippen LogP contribution in [-0.2, 0) is 6.54 Å². The van der Waals surface area contributed by atoms with E-state index in [9.17, 15) is 0 Å². The van der Waals surface area contributed by atoms with Crippen LogP contribution in [-0.4, -0.2) is 23.0 Å². The van der Waals surface area contributed by atoms with Gasteiger partial charge >= 0.3 is 0 Å². The first kappa shape index (κ1) is 13.1. The molecule has 1 heterocycles. The summed E-state index contributed by atoms with van der Waals surface area (Å²) in [5, 5.41) is 4.42. The minimum absolute atomic E-state index is 0.00138. The van der Waals surface area contributed by atoms with Crippen LogP contribution in [0.4, 0.5) is 0 Å². The Bertz CT molecular complexity index is 326. The fraction of sp³-hybridized carbons (Fsp3) is 0.714. The van der Waals surface area contributed by atoms with Gasteiger partial charge in [-0.2, -0.15) is 11.3 Å². The molecule has 1 fully saturated rings. The number of thiophene rings is 1. The summed E-state index contributed by atoms with van der Waals surface area (Å²) in [6.07, 6.45) is 4.84. The Morgan fingerprint density at radius 1 is 1.41 bits per heavy atom. The summed E-state index contributed by atoms with van der Waals surface area (Å²) >= 11 is 1.79. The van der Waals surface area contributed by atoms with E-state index in [4.69, 9.17) is 5.73 Å². The highest BCUT2D eigenvalue weighted by Crippen LogP contribution is 2.30. The maximum Gasteiger partial charge on any atom is 0.0278 e. The van der Waals surface area contributed by atoms with Crippen molar-refractivity contribution in [1.82, 2.24) is 4.90 Å². The first-order chi connectivity index (χ1) is 8.17. The third-order valence-electron chi connectivity index (χ3n) is 3.96. The maximum atomic E-state index is 6.45. The summed E-state index contributed by atoms with van der Waals surface area (Å²) in [5.74, 6) is 0. The van der Waals surface area contributed by atoms with Gasteiger partial charge in [-0.25, -0.2) is 0 Å². The van der Waals surface area contributed by atoms with Gasteiger partial charge in [0.15, 0.2) is 0 Å². The van der Waals surface area contributed by atoms with Crippen LogP contribution >= 0.6 is 11.3 Å². The average Bonchev–Trinajstić information content (AvgIpc) is 3.07. The van der Waals surface area contributed by atoms with Crippen molar-refractivity contribution < 1.29 is 0 Å². The monoisotopic (exact) mass is 252 g/mol. The number of hydrogen-bond acceptors (Lipinski definition) is 3. The summed E-state index contributed by atoms with van der Waals surface area (Å²) in [7, 11) is 0. The largest absolute Gasteiger partial charge is 0.324 e. The van der Waals surface area contributed by atoms with E-state index in [1.165, 1.54) is 18.4 Å². The van der Waals surface area contributed by atoms with Crippen molar-refractivity contribution in [1.29, 1.82) is 0 Å². The van der Waals surface area contributed by atoms with Crippen molar-refractivity contribution in [2.24, 2.45) is 5.73 Å². The molecule has 0 saturated heterocycles. The molecule has 0 aliphatic heterocycles. The van der Waals surface area contributed by atoms with E-state index in [0.29, 0.717) is 0 Å². The number of nitrogens with two attached hydrogens (primary N) is 1. The summed E-state index contributed by atoms with van der Waals surface area (Å²) in [5.41, 5.74) is 7.89. The number of hydrogen-bond donors (Lipinski definition) is 1. The lowest BCUT2D eigenvalue weighted by Crippen LogP contribution is -2.49. The van der Waals surface area contributed by atoms with E-state index in [2.05, 4.69) is 35.6 Å². The zero-order valence-electron chi connectivity index (χ0n) is 11.0. The van der Waals surface area contributed by atoms with E-state index in [0.717, 1.165) is 32.0 Å². The van der Waals surface area contributed by atoms with Crippen LogP contribution in [0.1, 0.15) is 45.1 Å². The van der Waals surface area contributed by atoms with Gasteiger partial charge in [-0.05, 0) is 48.1 Å². The molecule has 0 unspecified atom stereocenters. The fourth-order valence-corrected chi connectivity index (χ4v) is 2.91. The smallest absolute Gasteiger partial charge is 0.0278 e. The Labute approximate surface area is 109 Å². The van der Waals surface area contributed by atoms with Gasteiger partial charge in [0.25, 0.3) is 0 Å². The molecule has 3 heteroatoms. The van der Waals surface area contributed by atoms with Crippen LogP contribution in [0.15, 0.2) is 16.8 Å². The van der Waals surface area contributed by atoms with Gasteiger partial charge in [0.05, 0.1) is 0 Å². The highest BCUT2D eigenvalue weighted by atomic mass is 32.1. The van der Waals surface area contributed by atoms with Crippen molar-refractivity contribution in [2.45, 2.75) is 57.7 Å². The molecule has 0 spiro atoms. The lowest BCUT2D eigenvalue weighted by atomic mass is 9.93. The van der Waals surface area contributed by atoms with Crippen LogP contribution in [0.3, 0.4) is 0 Å². The maximum absolute atomic E-state index is 6.45. The number of nitrogens with zero attached hydrogens (tertiary/aromatic N) is 1. The minimum Gasteiger partial charge on any atom is -0.324 e. The first-order valence-corrected chi connectivity index (χ1v) is 7.65. The number of rotatable bonds is 7. The van der Waals surface area contributed by atoms with E-state index < -0.39 is 0 Å². The van der Waals surface area contributed by atoms with Crippen molar-refractivity contribution in [3.8, 4) is 0 Å². The van der Waals surface area contributed by atoms with Crippen molar-refractivity contribution >= 4 is 11.3 Å². The van der Waals surface area contributed by atoms with E-state index in [-0.39, 0.29) is 5.54 Å². The molecule has 0 aromatic carbocycles. The highest BCUT2D eigenvalue weighted by Gasteiger charge is 2.33. The van der Waals surface area contributed by atoms with Crippen LogP contribution in [0.2, 0.25) is 0 Å².